The zero-order valence-corrected chi connectivity index (χ0v) is 9.68. The van der Waals surface area contributed by atoms with Gasteiger partial charge < -0.3 is 15.5 Å². The smallest absolute Gasteiger partial charge is 0.253 e. The molecule has 1 aliphatic carbocycles. The predicted octanol–water partition coefficient (Wildman–Crippen LogP) is 0.678. The molecule has 0 aromatic carbocycles. The average molecular weight is 236 g/mol. The van der Waals surface area contributed by atoms with Crippen LogP contribution >= 0.6 is 0 Å². The fourth-order valence-corrected chi connectivity index (χ4v) is 1.76. The number of nitrogens with zero attached hydrogens (tertiary/aromatic N) is 1. The highest BCUT2D eigenvalue weighted by Crippen LogP contribution is 2.39. The number of hydrogen-bond donors (Lipinski definition) is 3. The van der Waals surface area contributed by atoms with Crippen LogP contribution in [0.4, 0.5) is 0 Å². The summed E-state index contributed by atoms with van der Waals surface area (Å²) in [6.45, 7) is 1.94. The van der Waals surface area contributed by atoms with Crippen molar-refractivity contribution in [1.82, 2.24) is 10.3 Å². The fraction of sp³-hybridized carbons (Fsp3) is 0.500. The molecule has 1 unspecified atom stereocenters. The first-order valence-corrected chi connectivity index (χ1v) is 5.63. The van der Waals surface area contributed by atoms with E-state index in [0.29, 0.717) is 0 Å². The number of aromatic nitrogens is 1. The van der Waals surface area contributed by atoms with Crippen LogP contribution in [0.2, 0.25) is 0 Å². The van der Waals surface area contributed by atoms with Crippen molar-refractivity contribution in [3.63, 3.8) is 0 Å². The van der Waals surface area contributed by atoms with Gasteiger partial charge in [0.1, 0.15) is 5.75 Å². The largest absolute Gasteiger partial charge is 0.506 e. The van der Waals surface area contributed by atoms with Crippen LogP contribution in [0.3, 0.4) is 0 Å². The topological polar surface area (TPSA) is 82.5 Å². The Balaban J connectivity index is 1.93. The summed E-state index contributed by atoms with van der Waals surface area (Å²) in [5.41, 5.74) is -0.559. The lowest BCUT2D eigenvalue weighted by molar-refractivity contribution is 0.0354. The van der Waals surface area contributed by atoms with Gasteiger partial charge in [-0.25, -0.2) is 0 Å². The number of aromatic hydroxyl groups is 1. The third kappa shape index (κ3) is 2.94. The highest BCUT2D eigenvalue weighted by Gasteiger charge is 2.39. The van der Waals surface area contributed by atoms with Crippen molar-refractivity contribution < 1.29 is 15.0 Å². The van der Waals surface area contributed by atoms with Gasteiger partial charge in [0.25, 0.3) is 5.91 Å². The van der Waals surface area contributed by atoms with E-state index < -0.39 is 5.60 Å². The molecule has 92 valence electrons. The summed E-state index contributed by atoms with van der Waals surface area (Å²) < 4.78 is 0. The van der Waals surface area contributed by atoms with E-state index in [1.54, 1.807) is 6.92 Å². The van der Waals surface area contributed by atoms with Gasteiger partial charge in [-0.05, 0) is 31.7 Å². The van der Waals surface area contributed by atoms with Crippen molar-refractivity contribution in [2.75, 3.05) is 6.54 Å². The van der Waals surface area contributed by atoms with Crippen LogP contribution in [0.15, 0.2) is 18.5 Å². The SMILES string of the molecule is CC(O)(CNC(=O)c1cncc(O)c1)C1CC1. The molecule has 2 rings (SSSR count). The van der Waals surface area contributed by atoms with Gasteiger partial charge in [0, 0.05) is 12.7 Å². The molecule has 1 atom stereocenters. The average Bonchev–Trinajstić information content (AvgIpc) is 3.10. The highest BCUT2D eigenvalue weighted by molar-refractivity contribution is 5.94. The first-order valence-electron chi connectivity index (χ1n) is 5.63. The van der Waals surface area contributed by atoms with Gasteiger partial charge in [-0.1, -0.05) is 0 Å². The molecule has 0 radical (unpaired) electrons. The number of rotatable bonds is 4. The predicted molar refractivity (Wildman–Crippen MR) is 61.6 cm³/mol. The summed E-state index contributed by atoms with van der Waals surface area (Å²) in [5, 5.41) is 21.9. The standard InChI is InChI=1S/C12H16N2O3/c1-12(17,9-2-3-9)7-14-11(16)8-4-10(15)6-13-5-8/h4-6,9,15,17H,2-3,7H2,1H3,(H,14,16). The van der Waals surface area contributed by atoms with Crippen LogP contribution in [0.25, 0.3) is 0 Å². The Morgan fingerprint density at radius 1 is 1.59 bits per heavy atom. The third-order valence-electron chi connectivity index (χ3n) is 3.05. The van der Waals surface area contributed by atoms with Gasteiger partial charge in [0.05, 0.1) is 17.4 Å². The van der Waals surface area contributed by atoms with Gasteiger partial charge in [-0.3, -0.25) is 9.78 Å². The number of nitrogens with one attached hydrogen (secondary N) is 1. The first-order chi connectivity index (χ1) is 7.99. The fourth-order valence-electron chi connectivity index (χ4n) is 1.76. The van der Waals surface area contributed by atoms with Gasteiger partial charge >= 0.3 is 0 Å². The number of amides is 1. The molecule has 0 spiro atoms. The molecule has 1 amide bonds. The molecule has 17 heavy (non-hydrogen) atoms. The van der Waals surface area contributed by atoms with E-state index in [0.717, 1.165) is 12.8 Å². The quantitative estimate of drug-likeness (QED) is 0.718. The van der Waals surface area contributed by atoms with Crippen molar-refractivity contribution in [2.45, 2.75) is 25.4 Å². The molecule has 1 saturated carbocycles. The van der Waals surface area contributed by atoms with Crippen LogP contribution in [-0.4, -0.2) is 33.3 Å². The second kappa shape index (κ2) is 4.33. The molecular weight excluding hydrogens is 220 g/mol. The highest BCUT2D eigenvalue weighted by atomic mass is 16.3. The molecule has 1 aromatic heterocycles. The minimum Gasteiger partial charge on any atom is -0.506 e. The van der Waals surface area contributed by atoms with E-state index in [9.17, 15) is 15.0 Å². The summed E-state index contributed by atoms with van der Waals surface area (Å²) in [7, 11) is 0. The second-order valence-corrected chi connectivity index (χ2v) is 4.75. The minimum absolute atomic E-state index is 0.0494. The maximum atomic E-state index is 11.7. The Labute approximate surface area is 99.5 Å². The summed E-state index contributed by atoms with van der Waals surface area (Å²) >= 11 is 0. The first kappa shape index (κ1) is 11.9. The normalized spacial score (nSPS) is 18.5. The number of aliphatic hydroxyl groups is 1. The van der Waals surface area contributed by atoms with Gasteiger partial charge in [0.15, 0.2) is 0 Å². The zero-order valence-electron chi connectivity index (χ0n) is 9.68. The van der Waals surface area contributed by atoms with Gasteiger partial charge in [0.2, 0.25) is 0 Å². The van der Waals surface area contributed by atoms with Crippen molar-refractivity contribution in [2.24, 2.45) is 5.92 Å². The maximum Gasteiger partial charge on any atom is 0.253 e. The Hall–Kier alpha value is -1.62. The Morgan fingerprint density at radius 3 is 2.88 bits per heavy atom. The molecule has 1 aliphatic rings. The molecule has 5 nitrogen and oxygen atoms in total. The van der Waals surface area contributed by atoms with E-state index >= 15 is 0 Å². The van der Waals surface area contributed by atoms with Crippen LogP contribution < -0.4 is 5.32 Å². The Kier molecular flexibility index (Phi) is 3.02. The number of carbonyl (C=O) groups excluding carboxylic acids is 1. The minimum atomic E-state index is -0.847. The Bertz CT molecular complexity index is 428. The molecule has 1 aromatic rings. The molecular formula is C12H16N2O3. The molecule has 0 aliphatic heterocycles. The van der Waals surface area contributed by atoms with E-state index in [1.807, 2.05) is 0 Å². The van der Waals surface area contributed by atoms with Gasteiger partial charge in [-0.2, -0.15) is 0 Å². The van der Waals surface area contributed by atoms with Gasteiger partial charge in [-0.15, -0.1) is 0 Å². The van der Waals surface area contributed by atoms with E-state index in [2.05, 4.69) is 10.3 Å². The van der Waals surface area contributed by atoms with Crippen molar-refractivity contribution in [3.05, 3.63) is 24.0 Å². The lowest BCUT2D eigenvalue weighted by atomic mass is 10.0. The monoisotopic (exact) mass is 236 g/mol. The molecule has 3 N–H and O–H groups in total. The maximum absolute atomic E-state index is 11.7. The number of carbonyl (C=O) groups is 1. The molecule has 0 bridgehead atoms. The lowest BCUT2D eigenvalue weighted by Gasteiger charge is -2.23. The molecule has 1 fully saturated rings. The zero-order chi connectivity index (χ0) is 12.5. The third-order valence-corrected chi connectivity index (χ3v) is 3.05. The summed E-state index contributed by atoms with van der Waals surface area (Å²) in [6.07, 6.45) is 4.66. The van der Waals surface area contributed by atoms with Crippen molar-refractivity contribution >= 4 is 5.91 Å². The molecule has 5 heteroatoms. The Morgan fingerprint density at radius 2 is 2.29 bits per heavy atom. The molecule has 0 saturated heterocycles. The van der Waals surface area contributed by atoms with Crippen molar-refractivity contribution in [3.8, 4) is 5.75 Å². The number of pyridine rings is 1. The van der Waals surface area contributed by atoms with Crippen LogP contribution in [0.5, 0.6) is 5.75 Å². The summed E-state index contributed by atoms with van der Waals surface area (Å²) in [4.78, 5) is 15.4. The van der Waals surface area contributed by atoms with E-state index in [-0.39, 0.29) is 29.7 Å². The van der Waals surface area contributed by atoms with Crippen LogP contribution in [0.1, 0.15) is 30.1 Å². The van der Waals surface area contributed by atoms with E-state index in [1.165, 1.54) is 18.5 Å². The summed E-state index contributed by atoms with van der Waals surface area (Å²) in [5.74, 6) is -0.106. The number of hydrogen-bond acceptors (Lipinski definition) is 4. The van der Waals surface area contributed by atoms with E-state index in [4.69, 9.17) is 0 Å². The van der Waals surface area contributed by atoms with Crippen LogP contribution in [-0.2, 0) is 0 Å². The lowest BCUT2D eigenvalue weighted by Crippen LogP contribution is -2.42. The summed E-state index contributed by atoms with van der Waals surface area (Å²) in [6, 6.07) is 1.34. The molecule has 1 heterocycles. The van der Waals surface area contributed by atoms with Crippen LogP contribution in [0, 0.1) is 5.92 Å². The second-order valence-electron chi connectivity index (χ2n) is 4.75. The van der Waals surface area contributed by atoms with Crippen molar-refractivity contribution in [1.29, 1.82) is 0 Å².